The van der Waals surface area contributed by atoms with Crippen LogP contribution in [0.25, 0.3) is 6.08 Å². The maximum absolute atomic E-state index is 11.9. The van der Waals surface area contributed by atoms with Crippen molar-refractivity contribution in [1.29, 1.82) is 0 Å². The number of phenolic OH excluding ortho intramolecular Hbond substituents is 1. The SMILES string of the molecule is O=C(/C=C/c1ccc(O)cc1)N1CCCC(O)C1. The molecule has 1 atom stereocenters. The molecule has 18 heavy (non-hydrogen) atoms. The molecule has 1 aliphatic heterocycles. The van der Waals surface area contributed by atoms with Gasteiger partial charge in [0, 0.05) is 19.2 Å². The van der Waals surface area contributed by atoms with Crippen LogP contribution >= 0.6 is 0 Å². The number of carbonyl (C=O) groups is 1. The summed E-state index contributed by atoms with van der Waals surface area (Å²) >= 11 is 0. The van der Waals surface area contributed by atoms with E-state index in [4.69, 9.17) is 5.11 Å². The maximum atomic E-state index is 11.9. The smallest absolute Gasteiger partial charge is 0.246 e. The molecule has 1 saturated heterocycles. The lowest BCUT2D eigenvalue weighted by Crippen LogP contribution is -2.41. The summed E-state index contributed by atoms with van der Waals surface area (Å²) in [7, 11) is 0. The van der Waals surface area contributed by atoms with Crippen LogP contribution in [0.5, 0.6) is 5.75 Å². The van der Waals surface area contributed by atoms with Crippen molar-refractivity contribution in [2.24, 2.45) is 0 Å². The van der Waals surface area contributed by atoms with Crippen LogP contribution in [-0.2, 0) is 4.79 Å². The minimum atomic E-state index is -0.398. The summed E-state index contributed by atoms with van der Waals surface area (Å²) < 4.78 is 0. The number of nitrogens with zero attached hydrogens (tertiary/aromatic N) is 1. The second-order valence-corrected chi connectivity index (χ2v) is 4.51. The van der Waals surface area contributed by atoms with Gasteiger partial charge in [-0.3, -0.25) is 4.79 Å². The van der Waals surface area contributed by atoms with Gasteiger partial charge in [-0.25, -0.2) is 0 Å². The van der Waals surface area contributed by atoms with Crippen LogP contribution in [0.4, 0.5) is 0 Å². The number of aliphatic hydroxyl groups excluding tert-OH is 1. The second-order valence-electron chi connectivity index (χ2n) is 4.51. The minimum absolute atomic E-state index is 0.0816. The van der Waals surface area contributed by atoms with E-state index in [-0.39, 0.29) is 11.7 Å². The number of aromatic hydroxyl groups is 1. The molecule has 2 N–H and O–H groups in total. The van der Waals surface area contributed by atoms with E-state index >= 15 is 0 Å². The van der Waals surface area contributed by atoms with Crippen molar-refractivity contribution >= 4 is 12.0 Å². The number of carbonyl (C=O) groups excluding carboxylic acids is 1. The van der Waals surface area contributed by atoms with Crippen LogP contribution in [-0.4, -0.2) is 40.2 Å². The lowest BCUT2D eigenvalue weighted by atomic mass is 10.1. The van der Waals surface area contributed by atoms with Crippen LogP contribution in [0.1, 0.15) is 18.4 Å². The highest BCUT2D eigenvalue weighted by Crippen LogP contribution is 2.13. The molecule has 0 spiro atoms. The first-order valence-electron chi connectivity index (χ1n) is 6.09. The number of aliphatic hydroxyl groups is 1. The topological polar surface area (TPSA) is 60.8 Å². The Bertz CT molecular complexity index is 439. The zero-order chi connectivity index (χ0) is 13.0. The van der Waals surface area contributed by atoms with Gasteiger partial charge in [-0.15, -0.1) is 0 Å². The number of likely N-dealkylation sites (tertiary alicyclic amines) is 1. The maximum Gasteiger partial charge on any atom is 0.246 e. The second kappa shape index (κ2) is 5.69. The zero-order valence-corrected chi connectivity index (χ0v) is 10.1. The molecule has 4 nitrogen and oxygen atoms in total. The van der Waals surface area contributed by atoms with Gasteiger partial charge in [0.1, 0.15) is 5.75 Å². The van der Waals surface area contributed by atoms with E-state index in [0.717, 1.165) is 18.4 Å². The molecule has 0 radical (unpaired) electrons. The van der Waals surface area contributed by atoms with Crippen molar-refractivity contribution in [1.82, 2.24) is 4.90 Å². The normalized spacial score (nSPS) is 20.3. The van der Waals surface area contributed by atoms with Crippen LogP contribution in [0.3, 0.4) is 0 Å². The fraction of sp³-hybridized carbons (Fsp3) is 0.357. The van der Waals surface area contributed by atoms with Gasteiger partial charge >= 0.3 is 0 Å². The van der Waals surface area contributed by atoms with Gasteiger partial charge in [-0.05, 0) is 36.6 Å². The predicted octanol–water partition coefficient (Wildman–Crippen LogP) is 1.39. The Hall–Kier alpha value is -1.81. The molecule has 1 heterocycles. The monoisotopic (exact) mass is 247 g/mol. The van der Waals surface area contributed by atoms with Gasteiger partial charge in [0.15, 0.2) is 0 Å². The highest BCUT2D eigenvalue weighted by atomic mass is 16.3. The highest BCUT2D eigenvalue weighted by molar-refractivity contribution is 5.91. The Kier molecular flexibility index (Phi) is 3.99. The number of hydrogen-bond donors (Lipinski definition) is 2. The molecule has 1 amide bonds. The first-order valence-corrected chi connectivity index (χ1v) is 6.09. The van der Waals surface area contributed by atoms with Crippen molar-refractivity contribution in [3.05, 3.63) is 35.9 Å². The molecule has 1 aliphatic rings. The third-order valence-corrected chi connectivity index (χ3v) is 3.02. The Labute approximate surface area is 106 Å². The zero-order valence-electron chi connectivity index (χ0n) is 10.1. The van der Waals surface area contributed by atoms with Crippen molar-refractivity contribution in [2.75, 3.05) is 13.1 Å². The van der Waals surface area contributed by atoms with Crippen molar-refractivity contribution in [3.63, 3.8) is 0 Å². The quantitative estimate of drug-likeness (QED) is 0.776. The van der Waals surface area contributed by atoms with Gasteiger partial charge in [0.2, 0.25) is 5.91 Å². The molecule has 1 aromatic carbocycles. The van der Waals surface area contributed by atoms with Gasteiger partial charge in [0.05, 0.1) is 6.10 Å². The lowest BCUT2D eigenvalue weighted by molar-refractivity contribution is -0.128. The molecule has 0 bridgehead atoms. The predicted molar refractivity (Wildman–Crippen MR) is 69.0 cm³/mol. The van der Waals surface area contributed by atoms with Gasteiger partial charge in [-0.2, -0.15) is 0 Å². The number of amides is 1. The Morgan fingerprint density at radius 1 is 1.33 bits per heavy atom. The molecule has 96 valence electrons. The number of hydrogen-bond acceptors (Lipinski definition) is 3. The molecule has 2 rings (SSSR count). The van der Waals surface area contributed by atoms with Gasteiger partial charge in [0.25, 0.3) is 0 Å². The molecule has 1 unspecified atom stereocenters. The van der Waals surface area contributed by atoms with Crippen LogP contribution < -0.4 is 0 Å². The minimum Gasteiger partial charge on any atom is -0.508 e. The Balaban J connectivity index is 1.96. The van der Waals surface area contributed by atoms with E-state index in [2.05, 4.69) is 0 Å². The van der Waals surface area contributed by atoms with Gasteiger partial charge in [-0.1, -0.05) is 12.1 Å². The Morgan fingerprint density at radius 3 is 2.72 bits per heavy atom. The molecular weight excluding hydrogens is 230 g/mol. The molecule has 1 aromatic rings. The summed E-state index contributed by atoms with van der Waals surface area (Å²) in [5.41, 5.74) is 0.860. The van der Waals surface area contributed by atoms with E-state index in [9.17, 15) is 9.90 Å². The summed E-state index contributed by atoms with van der Waals surface area (Å²) in [5, 5.41) is 18.6. The molecule has 1 fully saturated rings. The number of phenols is 1. The number of β-amino-alcohol motifs (C(OH)–C–C–N with tert-alkyl or cyclic N) is 1. The molecular formula is C14H17NO3. The third kappa shape index (κ3) is 3.34. The third-order valence-electron chi connectivity index (χ3n) is 3.02. The summed E-state index contributed by atoms with van der Waals surface area (Å²) in [6.07, 6.45) is 4.43. The van der Waals surface area contributed by atoms with Crippen LogP contribution in [0.15, 0.2) is 30.3 Å². The molecule has 4 heteroatoms. The summed E-state index contributed by atoms with van der Waals surface area (Å²) in [4.78, 5) is 13.5. The lowest BCUT2D eigenvalue weighted by Gasteiger charge is -2.29. The number of piperidine rings is 1. The van der Waals surface area contributed by atoms with E-state index in [1.54, 1.807) is 35.2 Å². The number of rotatable bonds is 2. The largest absolute Gasteiger partial charge is 0.508 e. The van der Waals surface area contributed by atoms with Crippen LogP contribution in [0.2, 0.25) is 0 Å². The summed E-state index contributed by atoms with van der Waals surface area (Å²) in [6.45, 7) is 1.12. The van der Waals surface area contributed by atoms with Crippen LogP contribution in [0, 0.1) is 0 Å². The fourth-order valence-electron chi connectivity index (χ4n) is 2.01. The van der Waals surface area contributed by atoms with E-state index < -0.39 is 6.10 Å². The van der Waals surface area contributed by atoms with Crippen molar-refractivity contribution in [3.8, 4) is 5.75 Å². The van der Waals surface area contributed by atoms with E-state index in [1.165, 1.54) is 6.08 Å². The van der Waals surface area contributed by atoms with Crippen molar-refractivity contribution in [2.45, 2.75) is 18.9 Å². The van der Waals surface area contributed by atoms with E-state index in [0.29, 0.717) is 13.1 Å². The molecule has 0 aliphatic carbocycles. The van der Waals surface area contributed by atoms with Crippen molar-refractivity contribution < 1.29 is 15.0 Å². The average Bonchev–Trinajstić information content (AvgIpc) is 2.38. The standard InChI is InChI=1S/C14H17NO3/c16-12-6-3-11(4-7-12)5-8-14(18)15-9-1-2-13(17)10-15/h3-8,13,16-17H,1-2,9-10H2/b8-5+. The van der Waals surface area contributed by atoms with E-state index in [1.807, 2.05) is 0 Å². The fourth-order valence-corrected chi connectivity index (χ4v) is 2.01. The number of benzene rings is 1. The first kappa shape index (κ1) is 12.6. The summed E-state index contributed by atoms with van der Waals surface area (Å²) in [6, 6.07) is 6.64. The van der Waals surface area contributed by atoms with Gasteiger partial charge < -0.3 is 15.1 Å². The molecule has 0 saturated carbocycles. The highest BCUT2D eigenvalue weighted by Gasteiger charge is 2.20. The average molecular weight is 247 g/mol. The Morgan fingerprint density at radius 2 is 2.06 bits per heavy atom. The molecule has 0 aromatic heterocycles. The summed E-state index contributed by atoms with van der Waals surface area (Å²) in [5.74, 6) is 0.124. The first-order chi connectivity index (χ1) is 8.65.